The van der Waals surface area contributed by atoms with Crippen molar-refractivity contribution >= 4 is 11.9 Å². The van der Waals surface area contributed by atoms with E-state index in [0.29, 0.717) is 6.54 Å². The molecular weight excluding hydrogens is 378 g/mol. The van der Waals surface area contributed by atoms with Crippen LogP contribution in [0, 0.1) is 17.4 Å². The molecule has 0 aliphatic carbocycles. The molecule has 0 heterocycles. The van der Waals surface area contributed by atoms with Crippen molar-refractivity contribution in [3.8, 4) is 12.0 Å². The first-order valence-corrected chi connectivity index (χ1v) is 11.2. The molecule has 0 bridgehead atoms. The van der Waals surface area contributed by atoms with E-state index in [2.05, 4.69) is 48.5 Å². The summed E-state index contributed by atoms with van der Waals surface area (Å²) in [6, 6.07) is 11.0. The zero-order valence-corrected chi connectivity index (χ0v) is 19.1. The number of benzene rings is 1. The molecule has 0 aliphatic rings. The molecule has 1 aromatic rings. The van der Waals surface area contributed by atoms with E-state index in [0.717, 1.165) is 18.9 Å². The summed E-state index contributed by atoms with van der Waals surface area (Å²) in [4.78, 5) is 22.1. The minimum atomic E-state index is -1.88. The predicted octanol–water partition coefficient (Wildman–Crippen LogP) is 5.62. The van der Waals surface area contributed by atoms with Gasteiger partial charge in [0.15, 0.2) is 5.41 Å². The van der Waals surface area contributed by atoms with Gasteiger partial charge in [-0.1, -0.05) is 89.5 Å². The molecule has 0 unspecified atom stereocenters. The van der Waals surface area contributed by atoms with Crippen LogP contribution in [0.5, 0.6) is 0 Å². The van der Waals surface area contributed by atoms with Crippen molar-refractivity contribution in [1.29, 1.82) is 0 Å². The zero-order chi connectivity index (χ0) is 22.8. The Morgan fingerprint density at radius 3 is 1.93 bits per heavy atom. The van der Waals surface area contributed by atoms with Crippen LogP contribution in [0.2, 0.25) is 0 Å². The molecule has 0 saturated heterocycles. The van der Waals surface area contributed by atoms with Gasteiger partial charge in [0.25, 0.3) is 0 Å². The molecule has 30 heavy (non-hydrogen) atoms. The Morgan fingerprint density at radius 2 is 1.40 bits per heavy atom. The number of rotatable bonds is 13. The normalized spacial score (nSPS) is 10.3. The van der Waals surface area contributed by atoms with Crippen LogP contribution < -0.4 is 5.32 Å². The van der Waals surface area contributed by atoms with Gasteiger partial charge in [-0.3, -0.25) is 9.59 Å². The van der Waals surface area contributed by atoms with Crippen LogP contribution in [0.25, 0.3) is 0 Å². The molecule has 0 atom stereocenters. The van der Waals surface area contributed by atoms with E-state index >= 15 is 0 Å². The van der Waals surface area contributed by atoms with Gasteiger partial charge in [-0.05, 0) is 30.9 Å². The van der Waals surface area contributed by atoms with E-state index in [1.165, 1.54) is 50.5 Å². The lowest BCUT2D eigenvalue weighted by molar-refractivity contribution is -0.162. The largest absolute Gasteiger partial charge is 0.480 e. The van der Waals surface area contributed by atoms with Gasteiger partial charge in [0, 0.05) is 19.0 Å². The third-order valence-corrected chi connectivity index (χ3v) is 4.95. The molecule has 0 spiro atoms. The average molecular weight is 418 g/mol. The number of hydrogen-bond acceptors (Lipinski definition) is 3. The second kappa shape index (κ2) is 16.3. The molecular formula is C25H39NO4. The third-order valence-electron chi connectivity index (χ3n) is 4.95. The van der Waals surface area contributed by atoms with Crippen molar-refractivity contribution in [2.45, 2.75) is 92.0 Å². The van der Waals surface area contributed by atoms with Gasteiger partial charge in [-0.25, -0.2) is 0 Å². The third kappa shape index (κ3) is 10.9. The summed E-state index contributed by atoms with van der Waals surface area (Å²) in [6.45, 7) is 7.93. The summed E-state index contributed by atoms with van der Waals surface area (Å²) in [6.07, 6.45) is 10.0. The van der Waals surface area contributed by atoms with Crippen LogP contribution in [0.4, 0.5) is 0 Å². The first-order valence-electron chi connectivity index (χ1n) is 11.2. The van der Waals surface area contributed by atoms with Gasteiger partial charge in [-0.15, -0.1) is 0 Å². The maximum atomic E-state index is 11.1. The van der Waals surface area contributed by atoms with E-state index in [1.54, 1.807) is 0 Å². The van der Waals surface area contributed by atoms with Crippen LogP contribution in [-0.2, 0) is 22.6 Å². The summed E-state index contributed by atoms with van der Waals surface area (Å²) < 4.78 is 0. The van der Waals surface area contributed by atoms with Gasteiger partial charge in [0.2, 0.25) is 0 Å². The molecule has 0 aliphatic heterocycles. The van der Waals surface area contributed by atoms with E-state index in [1.807, 2.05) is 13.8 Å². The smallest absolute Gasteiger partial charge is 0.321 e. The highest BCUT2D eigenvalue weighted by Crippen LogP contribution is 2.21. The fourth-order valence-electron chi connectivity index (χ4n) is 2.78. The highest BCUT2D eigenvalue weighted by atomic mass is 16.4. The quantitative estimate of drug-likeness (QED) is 0.168. The van der Waals surface area contributed by atoms with Gasteiger partial charge in [-0.2, -0.15) is 0 Å². The predicted molar refractivity (Wildman–Crippen MR) is 122 cm³/mol. The van der Waals surface area contributed by atoms with Crippen molar-refractivity contribution in [2.24, 2.45) is 5.41 Å². The molecule has 0 aromatic heterocycles. The van der Waals surface area contributed by atoms with Gasteiger partial charge >= 0.3 is 11.9 Å². The molecule has 0 saturated carbocycles. The molecule has 168 valence electrons. The van der Waals surface area contributed by atoms with Crippen LogP contribution >= 0.6 is 0 Å². The fraction of sp³-hybridized carbons (Fsp3) is 0.600. The Hall–Kier alpha value is -2.48. The lowest BCUT2D eigenvalue weighted by Gasteiger charge is -2.15. The standard InChI is InChI=1S/C23H33NO4.C2H6/c1-3-4-5-6-7-8-9-11-19-12-14-20(15-13-19)18-24-17-10-16-23(2,21(25)26)22(27)28;1-2/h12-15,24H,3-9,11,16,18H2,1-2H3,(H,25,26)(H,27,28);1-2H3. The number of carbonyl (C=O) groups is 2. The van der Waals surface area contributed by atoms with Crippen molar-refractivity contribution in [3.05, 3.63) is 35.4 Å². The maximum absolute atomic E-state index is 11.1. The van der Waals surface area contributed by atoms with Gasteiger partial charge in [0.1, 0.15) is 0 Å². The average Bonchev–Trinajstić information content (AvgIpc) is 2.74. The molecule has 0 fully saturated rings. The number of nitrogens with one attached hydrogen (secondary N) is 1. The second-order valence-corrected chi connectivity index (χ2v) is 7.46. The summed E-state index contributed by atoms with van der Waals surface area (Å²) in [5.74, 6) is -0.167. The fourth-order valence-corrected chi connectivity index (χ4v) is 2.78. The number of hydrogen-bond donors (Lipinski definition) is 3. The Labute approximate surface area is 182 Å². The molecule has 0 amide bonds. The maximum Gasteiger partial charge on any atom is 0.321 e. The van der Waals surface area contributed by atoms with Crippen molar-refractivity contribution in [2.75, 3.05) is 0 Å². The van der Waals surface area contributed by atoms with E-state index in [-0.39, 0.29) is 6.42 Å². The van der Waals surface area contributed by atoms with Crippen LogP contribution in [-0.4, -0.2) is 22.2 Å². The van der Waals surface area contributed by atoms with E-state index < -0.39 is 17.4 Å². The van der Waals surface area contributed by atoms with Gasteiger partial charge in [0.05, 0.1) is 0 Å². The first-order chi connectivity index (χ1) is 14.4. The van der Waals surface area contributed by atoms with Crippen molar-refractivity contribution in [1.82, 2.24) is 5.32 Å². The van der Waals surface area contributed by atoms with E-state index in [9.17, 15) is 9.59 Å². The second-order valence-electron chi connectivity index (χ2n) is 7.46. The molecule has 5 heteroatoms. The summed E-state index contributed by atoms with van der Waals surface area (Å²) >= 11 is 0. The molecule has 3 N–H and O–H groups in total. The minimum absolute atomic E-state index is 0.248. The van der Waals surface area contributed by atoms with Crippen LogP contribution in [0.3, 0.4) is 0 Å². The number of carboxylic acid groups (broad SMARTS) is 2. The van der Waals surface area contributed by atoms with Crippen molar-refractivity contribution < 1.29 is 19.8 Å². The Balaban J connectivity index is 0.00000407. The molecule has 1 rings (SSSR count). The van der Waals surface area contributed by atoms with Crippen LogP contribution in [0.15, 0.2) is 24.3 Å². The van der Waals surface area contributed by atoms with Crippen molar-refractivity contribution in [3.63, 3.8) is 0 Å². The Morgan fingerprint density at radius 1 is 0.900 bits per heavy atom. The highest BCUT2D eigenvalue weighted by molar-refractivity contribution is 5.98. The highest BCUT2D eigenvalue weighted by Gasteiger charge is 2.40. The SMILES string of the molecule is CC.CCCCCCCCCc1ccc(CNC#CCC(C)(C(=O)O)C(=O)O)cc1. The number of aryl methyl sites for hydroxylation is 1. The van der Waals surface area contributed by atoms with Crippen LogP contribution in [0.1, 0.15) is 90.2 Å². The van der Waals surface area contributed by atoms with E-state index in [4.69, 9.17) is 10.2 Å². The molecule has 0 radical (unpaired) electrons. The number of carboxylic acids is 2. The number of unbranched alkanes of at least 4 members (excludes halogenated alkanes) is 6. The minimum Gasteiger partial charge on any atom is -0.480 e. The number of aliphatic carboxylic acids is 2. The molecule has 5 nitrogen and oxygen atoms in total. The lowest BCUT2D eigenvalue weighted by Crippen LogP contribution is -2.35. The lowest BCUT2D eigenvalue weighted by atomic mass is 9.87. The first kappa shape index (κ1) is 27.5. The van der Waals surface area contributed by atoms with Gasteiger partial charge < -0.3 is 15.5 Å². The Kier molecular flexibility index (Phi) is 15.0. The summed E-state index contributed by atoms with van der Waals surface area (Å²) in [5.41, 5.74) is 0.533. The topological polar surface area (TPSA) is 86.6 Å². The summed E-state index contributed by atoms with van der Waals surface area (Å²) in [5, 5.41) is 20.9. The summed E-state index contributed by atoms with van der Waals surface area (Å²) in [7, 11) is 0. The molecule has 1 aromatic carbocycles. The zero-order valence-electron chi connectivity index (χ0n) is 19.1. The Bertz CT molecular complexity index is 657. The monoisotopic (exact) mass is 417 g/mol.